The summed E-state index contributed by atoms with van der Waals surface area (Å²) in [6, 6.07) is 23.2. The first-order valence-electron chi connectivity index (χ1n) is 8.55. The zero-order valence-electron chi connectivity index (χ0n) is 14.3. The number of nitrogens with one attached hydrogen (secondary N) is 1. The van der Waals surface area contributed by atoms with E-state index in [1.54, 1.807) is 0 Å². The molecule has 4 rings (SSSR count). The lowest BCUT2D eigenvalue weighted by Crippen LogP contribution is -2.26. The van der Waals surface area contributed by atoms with Crippen molar-refractivity contribution in [1.82, 2.24) is 9.88 Å². The number of benzene rings is 2. The summed E-state index contributed by atoms with van der Waals surface area (Å²) in [4.78, 5) is 6.83. The Balaban J connectivity index is 1.65. The molecule has 0 bridgehead atoms. The normalized spacial score (nSPS) is 17.4. The first-order valence-corrected chi connectivity index (χ1v) is 8.55. The van der Waals surface area contributed by atoms with Crippen LogP contribution in [0.2, 0.25) is 0 Å². The lowest BCUT2D eigenvalue weighted by molar-refractivity contribution is 0.252. The largest absolute Gasteiger partial charge is 0.384 e. The molecule has 0 radical (unpaired) electrons. The minimum atomic E-state index is 0.350. The molecule has 0 saturated carbocycles. The second kappa shape index (κ2) is 6.57. The summed E-state index contributed by atoms with van der Waals surface area (Å²) < 4.78 is 0. The third-order valence-corrected chi connectivity index (χ3v) is 4.79. The summed E-state index contributed by atoms with van der Waals surface area (Å²) in [5.41, 5.74) is 11.6. The number of nitrogen functional groups attached to an aromatic ring is 1. The lowest BCUT2D eigenvalue weighted by atomic mass is 10.0. The molecule has 0 saturated heterocycles. The Hall–Kier alpha value is -2.85. The van der Waals surface area contributed by atoms with Gasteiger partial charge in [-0.1, -0.05) is 42.5 Å². The molecule has 0 fully saturated rings. The highest BCUT2D eigenvalue weighted by atomic mass is 15.2. The van der Waals surface area contributed by atoms with Crippen LogP contribution in [-0.2, 0) is 6.54 Å². The molecule has 4 heteroatoms. The Morgan fingerprint density at radius 1 is 1.04 bits per heavy atom. The quantitative estimate of drug-likeness (QED) is 0.747. The summed E-state index contributed by atoms with van der Waals surface area (Å²) in [5.74, 6) is 0.548. The van der Waals surface area contributed by atoms with Crippen LogP contribution in [0.15, 0.2) is 66.7 Å². The number of aromatic nitrogens is 1. The monoisotopic (exact) mass is 330 g/mol. The van der Waals surface area contributed by atoms with Gasteiger partial charge in [0.15, 0.2) is 0 Å². The van der Waals surface area contributed by atoms with E-state index in [0.717, 1.165) is 24.3 Å². The fraction of sp³-hybridized carbons (Fsp3) is 0.190. The van der Waals surface area contributed by atoms with Crippen molar-refractivity contribution in [2.45, 2.75) is 12.6 Å². The van der Waals surface area contributed by atoms with Gasteiger partial charge in [-0.05, 0) is 42.4 Å². The topological polar surface area (TPSA) is 54.2 Å². The van der Waals surface area contributed by atoms with Crippen LogP contribution in [0, 0.1) is 0 Å². The van der Waals surface area contributed by atoms with Crippen LogP contribution >= 0.6 is 0 Å². The maximum Gasteiger partial charge on any atom is 0.124 e. The number of rotatable bonds is 2. The van der Waals surface area contributed by atoms with Gasteiger partial charge in [0.05, 0.1) is 11.7 Å². The van der Waals surface area contributed by atoms with Crippen LogP contribution in [-0.4, -0.2) is 23.5 Å². The molecule has 1 atom stereocenters. The van der Waals surface area contributed by atoms with Crippen molar-refractivity contribution in [1.29, 1.82) is 0 Å². The summed E-state index contributed by atoms with van der Waals surface area (Å²) in [5, 5.41) is 3.61. The summed E-state index contributed by atoms with van der Waals surface area (Å²) in [7, 11) is 2.18. The van der Waals surface area contributed by atoms with Crippen molar-refractivity contribution in [3.05, 3.63) is 77.9 Å². The molecular formula is C21H22N4. The fourth-order valence-electron chi connectivity index (χ4n) is 3.46. The van der Waals surface area contributed by atoms with Gasteiger partial charge in [-0.15, -0.1) is 0 Å². The number of pyridine rings is 1. The molecule has 0 aliphatic carbocycles. The predicted octanol–water partition coefficient (Wildman–Crippen LogP) is 3.93. The summed E-state index contributed by atoms with van der Waals surface area (Å²) in [6.07, 6.45) is 0. The van der Waals surface area contributed by atoms with Crippen molar-refractivity contribution < 1.29 is 0 Å². The van der Waals surface area contributed by atoms with Crippen LogP contribution in [0.1, 0.15) is 17.2 Å². The maximum absolute atomic E-state index is 5.83. The molecule has 2 aromatic carbocycles. The maximum atomic E-state index is 5.83. The Labute approximate surface area is 148 Å². The van der Waals surface area contributed by atoms with Crippen LogP contribution in [0.5, 0.6) is 0 Å². The molecular weight excluding hydrogens is 308 g/mol. The Kier molecular flexibility index (Phi) is 4.12. The van der Waals surface area contributed by atoms with E-state index in [2.05, 4.69) is 70.8 Å². The van der Waals surface area contributed by atoms with E-state index in [0.29, 0.717) is 11.9 Å². The molecule has 126 valence electrons. The van der Waals surface area contributed by atoms with Gasteiger partial charge in [0.25, 0.3) is 0 Å². The van der Waals surface area contributed by atoms with Crippen molar-refractivity contribution in [3.63, 3.8) is 0 Å². The van der Waals surface area contributed by atoms with Crippen LogP contribution in [0.25, 0.3) is 11.3 Å². The molecule has 3 N–H and O–H groups in total. The molecule has 3 aromatic rings. The molecule has 0 amide bonds. The Bertz CT molecular complexity index is 876. The summed E-state index contributed by atoms with van der Waals surface area (Å²) in [6.45, 7) is 1.78. The van der Waals surface area contributed by atoms with E-state index in [9.17, 15) is 0 Å². The van der Waals surface area contributed by atoms with Crippen molar-refractivity contribution >= 4 is 11.5 Å². The van der Waals surface area contributed by atoms with Gasteiger partial charge >= 0.3 is 0 Å². The standard InChI is InChI=1S/C21H22N4/c1-25-14-17-12-16(19-8-5-9-21(22)24-19)10-11-18(17)23-13-20(25)15-6-3-2-4-7-15/h2-12,20,23H,13-14H2,1H3,(H2,22,24). The number of hydrogen-bond donors (Lipinski definition) is 2. The molecule has 1 aliphatic heterocycles. The van der Waals surface area contributed by atoms with E-state index in [4.69, 9.17) is 5.73 Å². The SMILES string of the molecule is CN1Cc2cc(-c3cccc(N)n3)ccc2NCC1c1ccccc1. The number of hydrogen-bond acceptors (Lipinski definition) is 4. The smallest absolute Gasteiger partial charge is 0.124 e. The second-order valence-corrected chi connectivity index (χ2v) is 6.54. The molecule has 1 aromatic heterocycles. The van der Waals surface area contributed by atoms with Crippen molar-refractivity contribution in [2.24, 2.45) is 0 Å². The van der Waals surface area contributed by atoms with E-state index in [1.807, 2.05) is 18.2 Å². The van der Waals surface area contributed by atoms with Crippen molar-refractivity contribution in [3.8, 4) is 11.3 Å². The summed E-state index contributed by atoms with van der Waals surface area (Å²) >= 11 is 0. The molecule has 0 spiro atoms. The molecule has 25 heavy (non-hydrogen) atoms. The third-order valence-electron chi connectivity index (χ3n) is 4.79. The van der Waals surface area contributed by atoms with Gasteiger partial charge in [-0.3, -0.25) is 4.90 Å². The van der Waals surface area contributed by atoms with Gasteiger partial charge < -0.3 is 11.1 Å². The van der Waals surface area contributed by atoms with Crippen molar-refractivity contribution in [2.75, 3.05) is 24.6 Å². The van der Waals surface area contributed by atoms with E-state index in [-0.39, 0.29) is 0 Å². The number of nitrogens with two attached hydrogens (primary N) is 1. The number of fused-ring (bicyclic) bond motifs is 1. The van der Waals surface area contributed by atoms with E-state index < -0.39 is 0 Å². The zero-order valence-corrected chi connectivity index (χ0v) is 14.3. The third kappa shape index (κ3) is 3.21. The highest BCUT2D eigenvalue weighted by molar-refractivity contribution is 5.67. The minimum absolute atomic E-state index is 0.350. The predicted molar refractivity (Wildman–Crippen MR) is 103 cm³/mol. The number of nitrogens with zero attached hydrogens (tertiary/aromatic N) is 2. The van der Waals surface area contributed by atoms with E-state index in [1.165, 1.54) is 16.8 Å². The van der Waals surface area contributed by atoms with Crippen LogP contribution in [0.4, 0.5) is 11.5 Å². The van der Waals surface area contributed by atoms with Gasteiger partial charge in [0.2, 0.25) is 0 Å². The van der Waals surface area contributed by atoms with Crippen LogP contribution < -0.4 is 11.1 Å². The molecule has 4 nitrogen and oxygen atoms in total. The molecule has 1 unspecified atom stereocenters. The Morgan fingerprint density at radius 3 is 2.68 bits per heavy atom. The zero-order chi connectivity index (χ0) is 17.2. The second-order valence-electron chi connectivity index (χ2n) is 6.54. The Morgan fingerprint density at radius 2 is 1.88 bits per heavy atom. The van der Waals surface area contributed by atoms with Gasteiger partial charge in [0.1, 0.15) is 5.82 Å². The fourth-order valence-corrected chi connectivity index (χ4v) is 3.46. The molecule has 1 aliphatic rings. The lowest BCUT2D eigenvalue weighted by Gasteiger charge is -2.25. The average molecular weight is 330 g/mol. The first-order chi connectivity index (χ1) is 12.2. The highest BCUT2D eigenvalue weighted by Gasteiger charge is 2.22. The number of likely N-dealkylation sites (N-methyl/N-ethyl adjacent to an activating group) is 1. The van der Waals surface area contributed by atoms with Crippen LogP contribution in [0.3, 0.4) is 0 Å². The van der Waals surface area contributed by atoms with E-state index >= 15 is 0 Å². The van der Waals surface area contributed by atoms with Gasteiger partial charge in [-0.2, -0.15) is 0 Å². The van der Waals surface area contributed by atoms with Gasteiger partial charge in [-0.25, -0.2) is 4.98 Å². The average Bonchev–Trinajstić information content (AvgIpc) is 2.80. The highest BCUT2D eigenvalue weighted by Crippen LogP contribution is 2.31. The first kappa shape index (κ1) is 15.7. The number of anilines is 2. The molecule has 2 heterocycles. The minimum Gasteiger partial charge on any atom is -0.384 e. The van der Waals surface area contributed by atoms with Gasteiger partial charge in [0, 0.05) is 24.3 Å².